The number of nitrogens with one attached hydrogen (secondary N) is 2. The molecule has 0 radical (unpaired) electrons. The summed E-state index contributed by atoms with van der Waals surface area (Å²) < 4.78 is 5.58. The van der Waals surface area contributed by atoms with E-state index < -0.39 is 29.0 Å². The molecule has 7 nitrogen and oxygen atoms in total. The molecule has 1 saturated carbocycles. The molecular formula is C25H28N2O5. The van der Waals surface area contributed by atoms with Gasteiger partial charge in [-0.05, 0) is 54.9 Å². The largest absolute Gasteiger partial charge is 0.480 e. The SMILES string of the molecule is CCC(C)(NC(=O)C1(NC(=O)OCC2c3ccccc3-c3ccccc32)CCC1)C(=O)O. The molecule has 0 bridgehead atoms. The van der Waals surface area contributed by atoms with Crippen molar-refractivity contribution in [3.63, 3.8) is 0 Å². The Bertz CT molecular complexity index is 1020. The third-order valence-corrected chi connectivity index (χ3v) is 6.90. The van der Waals surface area contributed by atoms with Gasteiger partial charge in [0, 0.05) is 5.92 Å². The van der Waals surface area contributed by atoms with Gasteiger partial charge in [0.1, 0.15) is 17.7 Å². The van der Waals surface area contributed by atoms with Crippen LogP contribution in [-0.4, -0.2) is 40.8 Å². The molecule has 0 saturated heterocycles. The summed E-state index contributed by atoms with van der Waals surface area (Å²) in [6, 6.07) is 16.1. The average molecular weight is 437 g/mol. The number of rotatable bonds is 7. The standard InChI is InChI=1S/C25H28N2O5/c1-3-24(2,22(29)30)26-21(28)25(13-8-14-25)27-23(31)32-15-20-18-11-6-4-9-16(18)17-10-5-7-12-19(17)20/h4-7,9-12,20H,3,8,13-15H2,1-2H3,(H,26,28)(H,27,31)(H,29,30). The average Bonchev–Trinajstić information content (AvgIpc) is 3.08. The van der Waals surface area contributed by atoms with Gasteiger partial charge in [0.25, 0.3) is 0 Å². The topological polar surface area (TPSA) is 105 Å². The molecule has 7 heteroatoms. The van der Waals surface area contributed by atoms with Gasteiger partial charge < -0.3 is 20.5 Å². The number of carbonyl (C=O) groups excluding carboxylic acids is 2. The molecule has 1 unspecified atom stereocenters. The first-order valence-corrected chi connectivity index (χ1v) is 11.0. The molecular weight excluding hydrogens is 408 g/mol. The summed E-state index contributed by atoms with van der Waals surface area (Å²) in [4.78, 5) is 37.1. The van der Waals surface area contributed by atoms with E-state index in [1.807, 2.05) is 36.4 Å². The van der Waals surface area contributed by atoms with Crippen LogP contribution in [0.5, 0.6) is 0 Å². The Morgan fingerprint density at radius 1 is 1.06 bits per heavy atom. The number of amides is 2. The zero-order valence-corrected chi connectivity index (χ0v) is 18.3. The molecule has 168 valence electrons. The third-order valence-electron chi connectivity index (χ3n) is 6.90. The minimum atomic E-state index is -1.39. The van der Waals surface area contributed by atoms with E-state index >= 15 is 0 Å². The van der Waals surface area contributed by atoms with E-state index in [-0.39, 0.29) is 18.9 Å². The maximum absolute atomic E-state index is 12.9. The van der Waals surface area contributed by atoms with Crippen LogP contribution in [0.3, 0.4) is 0 Å². The zero-order valence-electron chi connectivity index (χ0n) is 18.3. The number of ether oxygens (including phenoxy) is 1. The van der Waals surface area contributed by atoms with E-state index in [1.54, 1.807) is 6.92 Å². The summed E-state index contributed by atoms with van der Waals surface area (Å²) in [5, 5.41) is 14.8. The molecule has 1 atom stereocenters. The molecule has 2 aromatic rings. The second-order valence-electron chi connectivity index (χ2n) is 8.83. The fourth-order valence-electron chi connectivity index (χ4n) is 4.43. The summed E-state index contributed by atoms with van der Waals surface area (Å²) >= 11 is 0. The van der Waals surface area contributed by atoms with Gasteiger partial charge in [0.05, 0.1) is 0 Å². The fourth-order valence-corrected chi connectivity index (χ4v) is 4.43. The van der Waals surface area contributed by atoms with Crippen molar-refractivity contribution in [3.8, 4) is 11.1 Å². The van der Waals surface area contributed by atoms with E-state index in [2.05, 4.69) is 22.8 Å². The zero-order chi connectivity index (χ0) is 22.9. The van der Waals surface area contributed by atoms with E-state index in [1.165, 1.54) is 6.92 Å². The van der Waals surface area contributed by atoms with E-state index in [9.17, 15) is 19.5 Å². The number of carbonyl (C=O) groups is 3. The van der Waals surface area contributed by atoms with Gasteiger partial charge in [-0.2, -0.15) is 0 Å². The van der Waals surface area contributed by atoms with E-state index in [4.69, 9.17) is 4.74 Å². The maximum atomic E-state index is 12.9. The quantitative estimate of drug-likeness (QED) is 0.612. The smallest absolute Gasteiger partial charge is 0.408 e. The number of fused-ring (bicyclic) bond motifs is 3. The third kappa shape index (κ3) is 3.72. The van der Waals surface area contributed by atoms with Gasteiger partial charge in [-0.3, -0.25) is 4.79 Å². The summed E-state index contributed by atoms with van der Waals surface area (Å²) in [6.07, 6.45) is 1.22. The molecule has 0 spiro atoms. The van der Waals surface area contributed by atoms with Gasteiger partial charge in [-0.1, -0.05) is 55.5 Å². The van der Waals surface area contributed by atoms with Crippen LogP contribution in [0.4, 0.5) is 4.79 Å². The molecule has 0 heterocycles. The van der Waals surface area contributed by atoms with Gasteiger partial charge in [-0.25, -0.2) is 9.59 Å². The molecule has 3 N–H and O–H groups in total. The van der Waals surface area contributed by atoms with Crippen LogP contribution in [0.2, 0.25) is 0 Å². The van der Waals surface area contributed by atoms with Crippen LogP contribution >= 0.6 is 0 Å². The number of benzene rings is 2. The van der Waals surface area contributed by atoms with Crippen molar-refractivity contribution >= 4 is 18.0 Å². The van der Waals surface area contributed by atoms with Gasteiger partial charge in [0.15, 0.2) is 0 Å². The first kappa shape index (κ1) is 21.9. The molecule has 4 rings (SSSR count). The molecule has 2 aliphatic rings. The number of carboxylic acids is 1. The van der Waals surface area contributed by atoms with E-state index in [0.29, 0.717) is 12.8 Å². The van der Waals surface area contributed by atoms with Crippen LogP contribution in [0.1, 0.15) is 56.6 Å². The van der Waals surface area contributed by atoms with Crippen LogP contribution in [0, 0.1) is 0 Å². The van der Waals surface area contributed by atoms with Crippen molar-refractivity contribution in [2.45, 2.75) is 56.5 Å². The Kier molecular flexibility index (Phi) is 5.67. The maximum Gasteiger partial charge on any atom is 0.408 e. The van der Waals surface area contributed by atoms with Crippen LogP contribution in [-0.2, 0) is 14.3 Å². The first-order chi connectivity index (χ1) is 15.3. The number of hydrogen-bond donors (Lipinski definition) is 3. The molecule has 2 amide bonds. The predicted octanol–water partition coefficient (Wildman–Crippen LogP) is 3.82. The summed E-state index contributed by atoms with van der Waals surface area (Å²) in [7, 11) is 0. The van der Waals surface area contributed by atoms with Gasteiger partial charge >= 0.3 is 12.1 Å². The Labute approximate surface area is 187 Å². The first-order valence-electron chi connectivity index (χ1n) is 11.0. The normalized spacial score (nSPS) is 17.8. The van der Waals surface area contributed by atoms with Gasteiger partial charge in [-0.15, -0.1) is 0 Å². The molecule has 2 aromatic carbocycles. The Morgan fingerprint density at radius 3 is 2.09 bits per heavy atom. The van der Waals surface area contributed by atoms with Crippen LogP contribution < -0.4 is 10.6 Å². The van der Waals surface area contributed by atoms with Crippen LogP contribution in [0.15, 0.2) is 48.5 Å². The highest BCUT2D eigenvalue weighted by Gasteiger charge is 2.49. The van der Waals surface area contributed by atoms with E-state index in [0.717, 1.165) is 28.7 Å². The predicted molar refractivity (Wildman–Crippen MR) is 119 cm³/mol. The highest BCUT2D eigenvalue weighted by atomic mass is 16.5. The number of aliphatic carboxylic acids is 1. The lowest BCUT2D eigenvalue weighted by Crippen LogP contribution is -2.67. The second-order valence-corrected chi connectivity index (χ2v) is 8.83. The van der Waals surface area contributed by atoms with Crippen molar-refractivity contribution in [2.75, 3.05) is 6.61 Å². The number of alkyl carbamates (subject to hydrolysis) is 1. The van der Waals surface area contributed by atoms with Crippen molar-refractivity contribution in [1.82, 2.24) is 10.6 Å². The lowest BCUT2D eigenvalue weighted by molar-refractivity contribution is -0.149. The highest BCUT2D eigenvalue weighted by molar-refractivity contribution is 5.94. The Balaban J connectivity index is 1.44. The fraction of sp³-hybridized carbons (Fsp3) is 0.400. The van der Waals surface area contributed by atoms with Crippen LogP contribution in [0.25, 0.3) is 11.1 Å². The monoisotopic (exact) mass is 436 g/mol. The molecule has 0 aliphatic heterocycles. The number of hydrogen-bond acceptors (Lipinski definition) is 4. The summed E-state index contributed by atoms with van der Waals surface area (Å²) in [6.45, 7) is 3.31. The summed E-state index contributed by atoms with van der Waals surface area (Å²) in [5.41, 5.74) is 1.98. The summed E-state index contributed by atoms with van der Waals surface area (Å²) in [5.74, 6) is -1.66. The second kappa shape index (κ2) is 8.30. The van der Waals surface area contributed by atoms with Crippen molar-refractivity contribution in [1.29, 1.82) is 0 Å². The lowest BCUT2D eigenvalue weighted by atomic mass is 9.75. The lowest BCUT2D eigenvalue weighted by Gasteiger charge is -2.42. The molecule has 0 aromatic heterocycles. The minimum Gasteiger partial charge on any atom is -0.480 e. The van der Waals surface area contributed by atoms with Gasteiger partial charge in [0.2, 0.25) is 5.91 Å². The van der Waals surface area contributed by atoms with Crippen molar-refractivity contribution in [2.24, 2.45) is 0 Å². The minimum absolute atomic E-state index is 0.0743. The molecule has 32 heavy (non-hydrogen) atoms. The molecule has 2 aliphatic carbocycles. The molecule has 1 fully saturated rings. The Hall–Kier alpha value is -3.35. The highest BCUT2D eigenvalue weighted by Crippen LogP contribution is 2.44. The van der Waals surface area contributed by atoms with Crippen molar-refractivity contribution < 1.29 is 24.2 Å². The number of carboxylic acid groups (broad SMARTS) is 1. The van der Waals surface area contributed by atoms with Crippen molar-refractivity contribution in [3.05, 3.63) is 59.7 Å². The Morgan fingerprint density at radius 2 is 1.62 bits per heavy atom.